The molecule has 0 aliphatic heterocycles. The molecule has 5 nitrogen and oxygen atoms in total. The molecule has 0 spiro atoms. The number of aliphatic hydroxyl groups is 1. The van der Waals surface area contributed by atoms with Crippen LogP contribution in [0.1, 0.15) is 21.5 Å². The largest absolute Gasteiger partial charge is 0.392 e. The summed E-state index contributed by atoms with van der Waals surface area (Å²) in [6, 6.07) is 26.9. The summed E-state index contributed by atoms with van der Waals surface area (Å²) in [5.41, 5.74) is 4.51. The van der Waals surface area contributed by atoms with E-state index in [1.54, 1.807) is 29.1 Å². The van der Waals surface area contributed by atoms with Gasteiger partial charge in [0.25, 0.3) is 5.91 Å². The van der Waals surface area contributed by atoms with Crippen LogP contribution in [0, 0.1) is 0 Å². The van der Waals surface area contributed by atoms with E-state index in [4.69, 9.17) is 0 Å². The maximum atomic E-state index is 13.0. The lowest BCUT2D eigenvalue weighted by Crippen LogP contribution is -2.12. The van der Waals surface area contributed by atoms with Crippen LogP contribution in [0.4, 0.5) is 5.69 Å². The average Bonchev–Trinajstić information content (AvgIpc) is 3.19. The Hall–Kier alpha value is -3.70. The molecular weight excluding hydrogens is 362 g/mol. The highest BCUT2D eigenvalue weighted by atomic mass is 16.3. The highest BCUT2D eigenvalue weighted by molar-refractivity contribution is 6.08. The summed E-state index contributed by atoms with van der Waals surface area (Å²) in [6.07, 6.45) is 1.78. The minimum atomic E-state index is -0.238. The average molecular weight is 383 g/mol. The lowest BCUT2D eigenvalue weighted by atomic mass is 10.1. The molecule has 1 amide bonds. The van der Waals surface area contributed by atoms with Crippen molar-refractivity contribution in [2.24, 2.45) is 0 Å². The number of aromatic nitrogens is 2. The van der Waals surface area contributed by atoms with Crippen molar-refractivity contribution in [1.29, 1.82) is 0 Å². The second kappa shape index (κ2) is 8.54. The summed E-state index contributed by atoms with van der Waals surface area (Å²) < 4.78 is 1.79. The second-order valence-corrected chi connectivity index (χ2v) is 6.75. The SMILES string of the molecule is O=C(Nc1cccc(CO)c1)c1cn(Cc2ccccc2)nc1-c1ccccc1. The first-order valence-corrected chi connectivity index (χ1v) is 9.41. The van der Waals surface area contributed by atoms with E-state index in [1.165, 1.54) is 0 Å². The van der Waals surface area contributed by atoms with Gasteiger partial charge in [0, 0.05) is 17.4 Å². The molecule has 4 aromatic rings. The van der Waals surface area contributed by atoms with E-state index in [2.05, 4.69) is 10.4 Å². The van der Waals surface area contributed by atoms with Gasteiger partial charge in [-0.3, -0.25) is 9.48 Å². The highest BCUT2D eigenvalue weighted by Crippen LogP contribution is 2.24. The summed E-state index contributed by atoms with van der Waals surface area (Å²) in [7, 11) is 0. The molecule has 0 atom stereocenters. The Morgan fingerprint density at radius 3 is 2.31 bits per heavy atom. The van der Waals surface area contributed by atoms with Crippen LogP contribution in [0.5, 0.6) is 0 Å². The number of nitrogens with one attached hydrogen (secondary N) is 1. The van der Waals surface area contributed by atoms with Gasteiger partial charge in [-0.15, -0.1) is 0 Å². The molecule has 0 aliphatic carbocycles. The standard InChI is InChI=1S/C24H21N3O2/c28-17-19-10-7-13-21(14-19)25-24(29)22-16-27(15-18-8-3-1-4-9-18)26-23(22)20-11-5-2-6-12-20/h1-14,16,28H,15,17H2,(H,25,29). The number of nitrogens with zero attached hydrogens (tertiary/aromatic N) is 2. The third kappa shape index (κ3) is 4.42. The lowest BCUT2D eigenvalue weighted by Gasteiger charge is -2.07. The van der Waals surface area contributed by atoms with Crippen molar-refractivity contribution >= 4 is 11.6 Å². The zero-order valence-electron chi connectivity index (χ0n) is 15.8. The molecule has 0 aliphatic rings. The molecule has 0 bridgehead atoms. The molecule has 1 aromatic heterocycles. The van der Waals surface area contributed by atoms with Crippen LogP contribution in [0.2, 0.25) is 0 Å². The van der Waals surface area contributed by atoms with Gasteiger partial charge >= 0.3 is 0 Å². The highest BCUT2D eigenvalue weighted by Gasteiger charge is 2.18. The van der Waals surface area contributed by atoms with Crippen molar-refractivity contribution in [3.05, 3.63) is 108 Å². The molecule has 29 heavy (non-hydrogen) atoms. The van der Waals surface area contributed by atoms with E-state index >= 15 is 0 Å². The second-order valence-electron chi connectivity index (χ2n) is 6.75. The monoisotopic (exact) mass is 383 g/mol. The van der Waals surface area contributed by atoms with Gasteiger partial charge in [0.1, 0.15) is 5.69 Å². The Morgan fingerprint density at radius 2 is 1.59 bits per heavy atom. The van der Waals surface area contributed by atoms with Gasteiger partial charge in [-0.25, -0.2) is 0 Å². The van der Waals surface area contributed by atoms with Gasteiger partial charge in [0.2, 0.25) is 0 Å². The van der Waals surface area contributed by atoms with Crippen LogP contribution in [-0.2, 0) is 13.2 Å². The number of anilines is 1. The summed E-state index contributed by atoms with van der Waals surface area (Å²) in [6.45, 7) is 0.502. The molecule has 0 saturated carbocycles. The Balaban J connectivity index is 1.67. The third-order valence-electron chi connectivity index (χ3n) is 4.61. The normalized spacial score (nSPS) is 10.7. The van der Waals surface area contributed by atoms with Gasteiger partial charge in [-0.2, -0.15) is 5.10 Å². The number of aliphatic hydroxyl groups excluding tert-OH is 1. The molecule has 2 N–H and O–H groups in total. The fourth-order valence-electron chi connectivity index (χ4n) is 3.19. The predicted molar refractivity (Wildman–Crippen MR) is 114 cm³/mol. The first-order valence-electron chi connectivity index (χ1n) is 9.41. The van der Waals surface area contributed by atoms with Crippen LogP contribution in [0.15, 0.2) is 91.1 Å². The Bertz CT molecular complexity index is 1110. The van der Waals surface area contributed by atoms with Crippen LogP contribution in [0.3, 0.4) is 0 Å². The maximum Gasteiger partial charge on any atom is 0.259 e. The molecule has 3 aromatic carbocycles. The quantitative estimate of drug-likeness (QED) is 0.520. The smallest absolute Gasteiger partial charge is 0.259 e. The van der Waals surface area contributed by atoms with Crippen LogP contribution >= 0.6 is 0 Å². The number of carbonyl (C=O) groups excluding carboxylic acids is 1. The number of hydrogen-bond donors (Lipinski definition) is 2. The van der Waals surface area contributed by atoms with Crippen molar-refractivity contribution in [2.75, 3.05) is 5.32 Å². The Kier molecular flexibility index (Phi) is 5.49. The Morgan fingerprint density at radius 1 is 0.897 bits per heavy atom. The molecule has 1 heterocycles. The van der Waals surface area contributed by atoms with Crippen LogP contribution in [-0.4, -0.2) is 20.8 Å². The minimum absolute atomic E-state index is 0.0754. The van der Waals surface area contributed by atoms with E-state index in [1.807, 2.05) is 66.7 Å². The molecule has 144 valence electrons. The summed E-state index contributed by atoms with van der Waals surface area (Å²) in [4.78, 5) is 13.0. The lowest BCUT2D eigenvalue weighted by molar-refractivity contribution is 0.102. The van der Waals surface area contributed by atoms with E-state index in [-0.39, 0.29) is 12.5 Å². The van der Waals surface area contributed by atoms with Crippen molar-refractivity contribution in [3.8, 4) is 11.3 Å². The molecule has 0 fully saturated rings. The van der Waals surface area contributed by atoms with Gasteiger partial charge in [0.15, 0.2) is 0 Å². The number of amides is 1. The number of benzene rings is 3. The van der Waals surface area contributed by atoms with Gasteiger partial charge in [0.05, 0.1) is 18.7 Å². The topological polar surface area (TPSA) is 67.2 Å². The first-order chi connectivity index (χ1) is 14.2. The predicted octanol–water partition coefficient (Wildman–Crippen LogP) is 4.34. The molecular formula is C24H21N3O2. The van der Waals surface area contributed by atoms with Gasteiger partial charge < -0.3 is 10.4 Å². The minimum Gasteiger partial charge on any atom is -0.392 e. The van der Waals surface area contributed by atoms with Crippen LogP contribution in [0.25, 0.3) is 11.3 Å². The van der Waals surface area contributed by atoms with Crippen molar-refractivity contribution in [1.82, 2.24) is 9.78 Å². The number of hydrogen-bond acceptors (Lipinski definition) is 3. The molecule has 0 unspecified atom stereocenters. The van der Waals surface area contributed by atoms with E-state index in [0.717, 1.165) is 16.7 Å². The van der Waals surface area contributed by atoms with Crippen LogP contribution < -0.4 is 5.32 Å². The third-order valence-corrected chi connectivity index (χ3v) is 4.61. The summed E-state index contributed by atoms with van der Waals surface area (Å²) in [5.74, 6) is -0.238. The van der Waals surface area contributed by atoms with Crippen molar-refractivity contribution in [3.63, 3.8) is 0 Å². The van der Waals surface area contributed by atoms with E-state index in [9.17, 15) is 9.90 Å². The zero-order chi connectivity index (χ0) is 20.1. The summed E-state index contributed by atoms with van der Waals surface area (Å²) >= 11 is 0. The fraction of sp³-hybridized carbons (Fsp3) is 0.0833. The molecule has 0 radical (unpaired) electrons. The van der Waals surface area contributed by atoms with Gasteiger partial charge in [-0.1, -0.05) is 72.8 Å². The van der Waals surface area contributed by atoms with E-state index in [0.29, 0.717) is 23.5 Å². The van der Waals surface area contributed by atoms with Crippen molar-refractivity contribution < 1.29 is 9.90 Å². The number of carbonyl (C=O) groups is 1. The fourth-order valence-corrected chi connectivity index (χ4v) is 3.19. The van der Waals surface area contributed by atoms with Gasteiger partial charge in [-0.05, 0) is 23.3 Å². The number of rotatable bonds is 6. The Labute approximate surface area is 169 Å². The molecule has 0 saturated heterocycles. The molecule has 4 rings (SSSR count). The van der Waals surface area contributed by atoms with Crippen molar-refractivity contribution in [2.45, 2.75) is 13.2 Å². The first kappa shape index (κ1) is 18.7. The summed E-state index contributed by atoms with van der Waals surface area (Å²) in [5, 5.41) is 16.9. The zero-order valence-corrected chi connectivity index (χ0v) is 15.8. The maximum absolute atomic E-state index is 13.0. The molecule has 5 heteroatoms. The van der Waals surface area contributed by atoms with E-state index < -0.39 is 0 Å².